The minimum atomic E-state index is -2.98. The van der Waals surface area contributed by atoms with Gasteiger partial charge in [0, 0.05) is 11.8 Å². The number of carbonyl (C=O) groups excluding carboxylic acids is 2. The van der Waals surface area contributed by atoms with E-state index in [4.69, 9.17) is 9.47 Å². The molecule has 1 N–H and O–H groups in total. The summed E-state index contributed by atoms with van der Waals surface area (Å²) < 4.78 is 39.4. The van der Waals surface area contributed by atoms with Crippen molar-refractivity contribution in [3.63, 3.8) is 0 Å². The zero-order chi connectivity index (χ0) is 21.9. The number of carbonyl (C=O) groups is 2. The van der Waals surface area contributed by atoms with Gasteiger partial charge in [-0.1, -0.05) is 25.1 Å². The van der Waals surface area contributed by atoms with Crippen LogP contribution in [0.5, 0.6) is 11.5 Å². The van der Waals surface area contributed by atoms with E-state index in [2.05, 4.69) is 10.1 Å². The summed E-state index contributed by atoms with van der Waals surface area (Å²) in [6.07, 6.45) is 3.44. The zero-order valence-corrected chi connectivity index (χ0v) is 16.7. The summed E-state index contributed by atoms with van der Waals surface area (Å²) in [5.74, 6) is -1.16. The van der Waals surface area contributed by atoms with E-state index in [1.165, 1.54) is 24.3 Å². The number of rotatable bonds is 10. The van der Waals surface area contributed by atoms with Crippen molar-refractivity contribution in [2.45, 2.75) is 26.9 Å². The molecule has 6 nitrogen and oxygen atoms in total. The second-order valence-corrected chi connectivity index (χ2v) is 6.06. The van der Waals surface area contributed by atoms with Crippen molar-refractivity contribution in [3.05, 3.63) is 59.7 Å². The van der Waals surface area contributed by atoms with Gasteiger partial charge in [0.1, 0.15) is 0 Å². The summed E-state index contributed by atoms with van der Waals surface area (Å²) in [6.45, 7) is 0.574. The third-order valence-electron chi connectivity index (χ3n) is 3.89. The number of aryl methyl sites for hydroxylation is 1. The molecule has 0 radical (unpaired) electrons. The number of anilines is 1. The Morgan fingerprint density at radius 3 is 2.43 bits per heavy atom. The molecule has 0 aromatic heterocycles. The van der Waals surface area contributed by atoms with E-state index in [-0.39, 0.29) is 18.1 Å². The van der Waals surface area contributed by atoms with Crippen LogP contribution in [0.2, 0.25) is 0 Å². The number of esters is 1. The Bertz CT molecular complexity index is 882. The van der Waals surface area contributed by atoms with Gasteiger partial charge in [-0.25, -0.2) is 4.79 Å². The van der Waals surface area contributed by atoms with Crippen LogP contribution in [0, 0.1) is 0 Å². The molecule has 2 aromatic carbocycles. The van der Waals surface area contributed by atoms with Gasteiger partial charge in [0.25, 0.3) is 5.91 Å². The summed E-state index contributed by atoms with van der Waals surface area (Å²) in [4.78, 5) is 23.7. The smallest absolute Gasteiger partial charge is 0.387 e. The highest BCUT2D eigenvalue weighted by Crippen LogP contribution is 2.30. The molecule has 0 spiro atoms. The highest BCUT2D eigenvalue weighted by molar-refractivity contribution is 5.94. The van der Waals surface area contributed by atoms with Crippen molar-refractivity contribution >= 4 is 23.6 Å². The van der Waals surface area contributed by atoms with Crippen LogP contribution in [0.15, 0.2) is 48.5 Å². The molecule has 0 aliphatic heterocycles. The molecular formula is C22H23F2NO5. The summed E-state index contributed by atoms with van der Waals surface area (Å²) in [5.41, 5.74) is 2.27. The van der Waals surface area contributed by atoms with Gasteiger partial charge < -0.3 is 19.5 Å². The maximum atomic E-state index is 12.4. The fourth-order valence-electron chi connectivity index (χ4n) is 2.46. The maximum Gasteiger partial charge on any atom is 0.387 e. The molecule has 0 unspecified atom stereocenters. The third kappa shape index (κ3) is 7.54. The molecule has 0 fully saturated rings. The van der Waals surface area contributed by atoms with Gasteiger partial charge in [-0.15, -0.1) is 0 Å². The van der Waals surface area contributed by atoms with Gasteiger partial charge in [0.15, 0.2) is 18.1 Å². The fraction of sp³-hybridized carbons (Fsp3) is 0.273. The van der Waals surface area contributed by atoms with E-state index in [1.807, 2.05) is 19.1 Å². The van der Waals surface area contributed by atoms with Crippen molar-refractivity contribution in [2.24, 2.45) is 0 Å². The second-order valence-electron chi connectivity index (χ2n) is 6.06. The predicted octanol–water partition coefficient (Wildman–Crippen LogP) is 4.44. The molecular weight excluding hydrogens is 396 g/mol. The van der Waals surface area contributed by atoms with Crippen LogP contribution in [0.3, 0.4) is 0 Å². The van der Waals surface area contributed by atoms with E-state index in [0.29, 0.717) is 11.3 Å². The molecule has 30 heavy (non-hydrogen) atoms. The normalized spacial score (nSPS) is 10.8. The first-order valence-electron chi connectivity index (χ1n) is 9.36. The highest BCUT2D eigenvalue weighted by Gasteiger charge is 2.11. The largest absolute Gasteiger partial charge is 0.490 e. The van der Waals surface area contributed by atoms with Crippen LogP contribution >= 0.6 is 0 Å². The Hall–Kier alpha value is -3.42. The highest BCUT2D eigenvalue weighted by atomic mass is 19.3. The number of halogens is 2. The average Bonchev–Trinajstić information content (AvgIpc) is 2.72. The third-order valence-corrected chi connectivity index (χ3v) is 3.89. The van der Waals surface area contributed by atoms with Crippen molar-refractivity contribution < 1.29 is 32.6 Å². The van der Waals surface area contributed by atoms with Crippen molar-refractivity contribution in [1.29, 1.82) is 0 Å². The minimum absolute atomic E-state index is 0.102. The van der Waals surface area contributed by atoms with E-state index in [0.717, 1.165) is 18.1 Å². The lowest BCUT2D eigenvalue weighted by molar-refractivity contribution is -0.142. The van der Waals surface area contributed by atoms with Crippen LogP contribution in [0.25, 0.3) is 6.08 Å². The Labute approximate surface area is 173 Å². The van der Waals surface area contributed by atoms with E-state index in [1.54, 1.807) is 19.1 Å². The first kappa shape index (κ1) is 22.9. The number of nitrogens with one attached hydrogen (secondary N) is 1. The van der Waals surface area contributed by atoms with Crippen LogP contribution in [-0.4, -0.2) is 31.7 Å². The molecule has 0 heterocycles. The Morgan fingerprint density at radius 1 is 1.07 bits per heavy atom. The van der Waals surface area contributed by atoms with Gasteiger partial charge >= 0.3 is 12.6 Å². The second kappa shape index (κ2) is 11.5. The topological polar surface area (TPSA) is 73.9 Å². The van der Waals surface area contributed by atoms with Crippen molar-refractivity contribution in [2.75, 3.05) is 18.5 Å². The van der Waals surface area contributed by atoms with E-state index in [9.17, 15) is 18.4 Å². The number of hydrogen-bond donors (Lipinski definition) is 1. The van der Waals surface area contributed by atoms with E-state index < -0.39 is 25.1 Å². The number of hydrogen-bond acceptors (Lipinski definition) is 5. The SMILES string of the molecule is CCOc1cc(/C=C/C(=O)OCC(=O)Nc2ccc(CC)cc2)ccc1OC(F)F. The Balaban J connectivity index is 1.88. The maximum absolute atomic E-state index is 12.4. The summed E-state index contributed by atoms with van der Waals surface area (Å²) in [7, 11) is 0. The molecule has 0 atom stereocenters. The van der Waals surface area contributed by atoms with Gasteiger partial charge in [-0.3, -0.25) is 4.79 Å². The van der Waals surface area contributed by atoms with Crippen LogP contribution < -0.4 is 14.8 Å². The van der Waals surface area contributed by atoms with Gasteiger partial charge in [-0.05, 0) is 54.8 Å². The number of benzene rings is 2. The van der Waals surface area contributed by atoms with Crippen LogP contribution in [0.1, 0.15) is 25.0 Å². The molecule has 1 amide bonds. The van der Waals surface area contributed by atoms with Gasteiger partial charge in [0.2, 0.25) is 0 Å². The summed E-state index contributed by atoms with van der Waals surface area (Å²) in [6, 6.07) is 11.6. The predicted molar refractivity (Wildman–Crippen MR) is 109 cm³/mol. The summed E-state index contributed by atoms with van der Waals surface area (Å²) >= 11 is 0. The van der Waals surface area contributed by atoms with Crippen molar-refractivity contribution in [1.82, 2.24) is 0 Å². The molecule has 0 aliphatic carbocycles. The van der Waals surface area contributed by atoms with E-state index >= 15 is 0 Å². The van der Waals surface area contributed by atoms with Crippen molar-refractivity contribution in [3.8, 4) is 11.5 Å². The lowest BCUT2D eigenvalue weighted by atomic mass is 10.1. The number of amides is 1. The van der Waals surface area contributed by atoms with Crippen LogP contribution in [0.4, 0.5) is 14.5 Å². The molecule has 160 valence electrons. The molecule has 2 aromatic rings. The molecule has 0 aliphatic rings. The molecule has 0 saturated carbocycles. The standard InChI is InChI=1S/C22H23F2NO5/c1-3-15-5-9-17(10-6-15)25-20(26)14-29-21(27)12-8-16-7-11-18(30-22(23)24)19(13-16)28-4-2/h5-13,22H,3-4,14H2,1-2H3,(H,25,26)/b12-8+. The fourth-order valence-corrected chi connectivity index (χ4v) is 2.46. The monoisotopic (exact) mass is 419 g/mol. The lowest BCUT2D eigenvalue weighted by Crippen LogP contribution is -2.20. The Morgan fingerprint density at radius 2 is 1.80 bits per heavy atom. The molecule has 8 heteroatoms. The van der Waals surface area contributed by atoms with Gasteiger partial charge in [-0.2, -0.15) is 8.78 Å². The minimum Gasteiger partial charge on any atom is -0.490 e. The molecule has 2 rings (SSSR count). The first-order chi connectivity index (χ1) is 14.4. The first-order valence-corrected chi connectivity index (χ1v) is 9.36. The lowest BCUT2D eigenvalue weighted by Gasteiger charge is -2.11. The summed E-state index contributed by atoms with van der Waals surface area (Å²) in [5, 5.41) is 2.63. The average molecular weight is 419 g/mol. The molecule has 0 bridgehead atoms. The number of ether oxygens (including phenoxy) is 3. The Kier molecular flexibility index (Phi) is 8.80. The number of alkyl halides is 2. The van der Waals surface area contributed by atoms with Gasteiger partial charge in [0.05, 0.1) is 6.61 Å². The quantitative estimate of drug-likeness (QED) is 0.455. The van der Waals surface area contributed by atoms with Crippen LogP contribution in [-0.2, 0) is 20.7 Å². The molecule has 0 saturated heterocycles. The zero-order valence-electron chi connectivity index (χ0n) is 16.7.